The first-order chi connectivity index (χ1) is 14.6. The average Bonchev–Trinajstić information content (AvgIpc) is 3.09. The van der Waals surface area contributed by atoms with E-state index in [1.54, 1.807) is 21.7 Å². The molecular weight excluding hydrogens is 416 g/mol. The van der Waals surface area contributed by atoms with Gasteiger partial charge in [0.25, 0.3) is 5.91 Å². The molecule has 2 aromatic rings. The van der Waals surface area contributed by atoms with Gasteiger partial charge >= 0.3 is 0 Å². The minimum Gasteiger partial charge on any atom is -0.378 e. The molecule has 1 saturated heterocycles. The summed E-state index contributed by atoms with van der Waals surface area (Å²) in [4.78, 5) is 15.1. The fourth-order valence-electron chi connectivity index (χ4n) is 4.14. The molecule has 0 saturated carbocycles. The van der Waals surface area contributed by atoms with Gasteiger partial charge in [-0.2, -0.15) is 9.40 Å². The van der Waals surface area contributed by atoms with Crippen LogP contribution >= 0.6 is 0 Å². The lowest BCUT2D eigenvalue weighted by molar-refractivity contribution is 0.0297. The maximum atomic E-state index is 13.3. The maximum absolute atomic E-state index is 13.3. The standard InChI is InChI=1S/C22H30N4O4S/c1-22(2,3)16-5-7-17(8-6-16)31(28,29)26-10-9-19-18(15-26)20(23-24(19)4)21(27)25-11-13-30-14-12-25/h5-8H,9-15H2,1-4H3. The molecule has 0 radical (unpaired) electrons. The highest BCUT2D eigenvalue weighted by molar-refractivity contribution is 7.89. The summed E-state index contributed by atoms with van der Waals surface area (Å²) < 4.78 is 35.2. The van der Waals surface area contributed by atoms with Crippen molar-refractivity contribution in [3.63, 3.8) is 0 Å². The van der Waals surface area contributed by atoms with Crippen molar-refractivity contribution in [1.82, 2.24) is 19.0 Å². The highest BCUT2D eigenvalue weighted by Crippen LogP contribution is 2.29. The molecule has 2 aliphatic rings. The number of morpholine rings is 1. The molecule has 168 valence electrons. The second kappa shape index (κ2) is 8.03. The Hall–Kier alpha value is -2.23. The quantitative estimate of drug-likeness (QED) is 0.719. The summed E-state index contributed by atoms with van der Waals surface area (Å²) in [5.41, 5.74) is 3.01. The zero-order chi connectivity index (χ0) is 22.4. The van der Waals surface area contributed by atoms with Crippen molar-refractivity contribution in [2.24, 2.45) is 7.05 Å². The number of hydrogen-bond donors (Lipinski definition) is 0. The Morgan fingerprint density at radius 3 is 2.32 bits per heavy atom. The summed E-state index contributed by atoms with van der Waals surface area (Å²) in [6.45, 7) is 8.85. The molecule has 0 bridgehead atoms. The smallest absolute Gasteiger partial charge is 0.274 e. The highest BCUT2D eigenvalue weighted by atomic mass is 32.2. The number of benzene rings is 1. The molecule has 0 spiro atoms. The Bertz CT molecular complexity index is 1080. The van der Waals surface area contributed by atoms with Crippen molar-refractivity contribution in [2.45, 2.75) is 44.0 Å². The number of sulfonamides is 1. The van der Waals surface area contributed by atoms with Crippen molar-refractivity contribution < 1.29 is 17.9 Å². The second-order valence-electron chi connectivity index (χ2n) is 9.17. The average molecular weight is 447 g/mol. The van der Waals surface area contributed by atoms with E-state index in [9.17, 15) is 13.2 Å². The molecule has 1 fully saturated rings. The molecule has 3 heterocycles. The Kier molecular flexibility index (Phi) is 5.70. The zero-order valence-corrected chi connectivity index (χ0v) is 19.4. The van der Waals surface area contributed by atoms with E-state index in [1.165, 1.54) is 4.31 Å². The van der Waals surface area contributed by atoms with E-state index < -0.39 is 10.0 Å². The molecule has 0 aliphatic carbocycles. The molecule has 9 heteroatoms. The van der Waals surface area contributed by atoms with Crippen LogP contribution in [0.3, 0.4) is 0 Å². The summed E-state index contributed by atoms with van der Waals surface area (Å²) in [6, 6.07) is 7.10. The minimum absolute atomic E-state index is 0.0488. The van der Waals surface area contributed by atoms with E-state index in [-0.39, 0.29) is 22.8 Å². The minimum atomic E-state index is -3.67. The van der Waals surface area contributed by atoms with Crippen LogP contribution in [0.4, 0.5) is 0 Å². The number of rotatable bonds is 3. The molecule has 1 aromatic heterocycles. The Morgan fingerprint density at radius 2 is 1.71 bits per heavy atom. The van der Waals surface area contributed by atoms with Gasteiger partial charge in [0.1, 0.15) is 0 Å². The third kappa shape index (κ3) is 4.14. The highest BCUT2D eigenvalue weighted by Gasteiger charge is 2.35. The Morgan fingerprint density at radius 1 is 1.06 bits per heavy atom. The van der Waals surface area contributed by atoms with Crippen molar-refractivity contribution in [3.05, 3.63) is 46.8 Å². The molecule has 4 rings (SSSR count). The van der Waals surface area contributed by atoms with Gasteiger partial charge in [0.2, 0.25) is 10.0 Å². The lowest BCUT2D eigenvalue weighted by Gasteiger charge is -2.29. The number of nitrogens with zero attached hydrogens (tertiary/aromatic N) is 4. The monoisotopic (exact) mass is 446 g/mol. The SMILES string of the molecule is Cn1nc(C(=O)N2CCOCC2)c2c1CCN(S(=O)(=O)c1ccc(C(C)(C)C)cc1)C2. The van der Waals surface area contributed by atoms with Crippen molar-refractivity contribution in [3.8, 4) is 0 Å². The van der Waals surface area contributed by atoms with Crippen LogP contribution in [-0.2, 0) is 40.2 Å². The van der Waals surface area contributed by atoms with E-state index in [0.717, 1.165) is 11.3 Å². The van der Waals surface area contributed by atoms with Gasteiger partial charge in [0.05, 0.1) is 18.1 Å². The topological polar surface area (TPSA) is 84.7 Å². The van der Waals surface area contributed by atoms with Crippen molar-refractivity contribution >= 4 is 15.9 Å². The Labute approximate surface area is 183 Å². The fourth-order valence-corrected chi connectivity index (χ4v) is 5.55. The van der Waals surface area contributed by atoms with Gasteiger partial charge in [0, 0.05) is 50.9 Å². The Balaban J connectivity index is 1.61. The zero-order valence-electron chi connectivity index (χ0n) is 18.6. The van der Waals surface area contributed by atoms with Crippen molar-refractivity contribution in [1.29, 1.82) is 0 Å². The molecule has 0 atom stereocenters. The van der Waals surface area contributed by atoms with Gasteiger partial charge in [-0.05, 0) is 23.1 Å². The van der Waals surface area contributed by atoms with Crippen LogP contribution in [0.2, 0.25) is 0 Å². The second-order valence-corrected chi connectivity index (χ2v) is 11.1. The maximum Gasteiger partial charge on any atom is 0.274 e. The molecule has 1 amide bonds. The van der Waals surface area contributed by atoms with Gasteiger partial charge < -0.3 is 9.64 Å². The van der Waals surface area contributed by atoms with Crippen LogP contribution in [0.15, 0.2) is 29.2 Å². The summed E-state index contributed by atoms with van der Waals surface area (Å²) in [5.74, 6) is -0.158. The molecule has 1 aromatic carbocycles. The number of hydrogen-bond acceptors (Lipinski definition) is 5. The first-order valence-corrected chi connectivity index (χ1v) is 12.1. The number of aryl methyl sites for hydroxylation is 1. The predicted molar refractivity (Wildman–Crippen MR) is 116 cm³/mol. The van der Waals surface area contributed by atoms with Crippen LogP contribution in [0.5, 0.6) is 0 Å². The molecule has 0 N–H and O–H groups in total. The van der Waals surface area contributed by atoms with Gasteiger partial charge in [-0.25, -0.2) is 8.42 Å². The van der Waals surface area contributed by atoms with E-state index in [4.69, 9.17) is 4.74 Å². The fraction of sp³-hybridized carbons (Fsp3) is 0.545. The molecule has 31 heavy (non-hydrogen) atoms. The number of ether oxygens (including phenoxy) is 1. The van der Waals surface area contributed by atoms with Crippen LogP contribution in [0.1, 0.15) is 48.1 Å². The third-order valence-electron chi connectivity index (χ3n) is 6.07. The number of carbonyl (C=O) groups is 1. The summed E-state index contributed by atoms with van der Waals surface area (Å²) >= 11 is 0. The van der Waals surface area contributed by atoms with Crippen molar-refractivity contribution in [2.75, 3.05) is 32.8 Å². The van der Waals surface area contributed by atoms with Crippen LogP contribution in [-0.4, -0.2) is 66.2 Å². The summed E-state index contributed by atoms with van der Waals surface area (Å²) in [6.07, 6.45) is 0.522. The van der Waals surface area contributed by atoms with E-state index in [0.29, 0.717) is 50.5 Å². The van der Waals surface area contributed by atoms with Gasteiger partial charge in [0.15, 0.2) is 5.69 Å². The molecular formula is C22H30N4O4S. The van der Waals surface area contributed by atoms with Crippen LogP contribution in [0.25, 0.3) is 0 Å². The number of amides is 1. The lowest BCUT2D eigenvalue weighted by atomic mass is 9.87. The molecule has 0 unspecified atom stereocenters. The van der Waals surface area contributed by atoms with E-state index in [2.05, 4.69) is 25.9 Å². The first-order valence-electron chi connectivity index (χ1n) is 10.6. The first kappa shape index (κ1) is 22.0. The van der Waals surface area contributed by atoms with E-state index in [1.807, 2.05) is 19.2 Å². The third-order valence-corrected chi connectivity index (χ3v) is 7.93. The number of carbonyl (C=O) groups excluding carboxylic acids is 1. The van der Waals surface area contributed by atoms with Gasteiger partial charge in [-0.15, -0.1) is 0 Å². The largest absolute Gasteiger partial charge is 0.378 e. The van der Waals surface area contributed by atoms with Gasteiger partial charge in [-0.1, -0.05) is 32.9 Å². The summed E-state index contributed by atoms with van der Waals surface area (Å²) in [5, 5.41) is 4.46. The predicted octanol–water partition coefficient (Wildman–Crippen LogP) is 1.94. The van der Waals surface area contributed by atoms with Gasteiger partial charge in [-0.3, -0.25) is 9.48 Å². The lowest BCUT2D eigenvalue weighted by Crippen LogP contribution is -2.42. The number of fused-ring (bicyclic) bond motifs is 1. The molecule has 8 nitrogen and oxygen atoms in total. The van der Waals surface area contributed by atoms with Crippen LogP contribution < -0.4 is 0 Å². The molecule has 2 aliphatic heterocycles. The normalized spacial score (nSPS) is 18.1. The van der Waals surface area contributed by atoms with Crippen LogP contribution in [0, 0.1) is 0 Å². The number of aromatic nitrogens is 2. The summed E-state index contributed by atoms with van der Waals surface area (Å²) in [7, 11) is -1.86. The van der Waals surface area contributed by atoms with E-state index >= 15 is 0 Å².